The van der Waals surface area contributed by atoms with E-state index in [1.165, 1.54) is 39.6 Å². The molecule has 8 aromatic rings. The fourth-order valence-corrected chi connectivity index (χ4v) is 9.15. The number of rotatable bonds is 13. The summed E-state index contributed by atoms with van der Waals surface area (Å²) in [6, 6.07) is 32.6. The number of hydrogen-bond donors (Lipinski definition) is 3. The molecule has 0 radical (unpaired) electrons. The number of isocyanates is 1. The smallest absolute Gasteiger partial charge is 0.319 e. The second kappa shape index (κ2) is 24.1. The number of thioether (sulfide) groups is 2. The number of urea groups is 1. The molecule has 0 unspecified atom stereocenters. The molecule has 0 saturated heterocycles. The summed E-state index contributed by atoms with van der Waals surface area (Å²) in [6.45, 7) is 1.87. The zero-order chi connectivity index (χ0) is 50.6. The van der Waals surface area contributed by atoms with E-state index in [4.69, 9.17) is 47.7 Å². The quantitative estimate of drug-likeness (QED) is 0.0559. The molecule has 22 heteroatoms. The fourth-order valence-electron chi connectivity index (χ4n) is 7.36. The number of fused-ring (bicyclic) bond motifs is 2. The van der Waals surface area contributed by atoms with Crippen molar-refractivity contribution in [1.82, 2.24) is 34.4 Å². The van der Waals surface area contributed by atoms with E-state index in [0.717, 1.165) is 68.4 Å². The number of nitrogens with two attached hydrogens (primary N) is 1. The molecule has 0 atom stereocenters. The van der Waals surface area contributed by atoms with Crippen LogP contribution in [-0.2, 0) is 18.9 Å². The number of aromatic nitrogens is 4. The summed E-state index contributed by atoms with van der Waals surface area (Å²) in [5, 5.41) is 18.7. The Morgan fingerprint density at radius 2 is 1.22 bits per heavy atom. The first-order chi connectivity index (χ1) is 35.0. The van der Waals surface area contributed by atoms with Crippen molar-refractivity contribution in [3.63, 3.8) is 0 Å². The lowest BCUT2D eigenvalue weighted by atomic mass is 10.1. The van der Waals surface area contributed by atoms with Crippen molar-refractivity contribution >= 4 is 114 Å². The topological polar surface area (TPSA) is 224 Å². The summed E-state index contributed by atoms with van der Waals surface area (Å²) in [5.74, 6) is 4.00. The SMILES string of the molecule is Cn1c(-c2ccco2)nc2cc(C3=NN(CCCN)C(=O)SC3)ccc21.Cn1c(-c2ccco2)nc2cc(C3=NN(CCCNC(=O)Nc4ccc(Cl)cc4)C(=O)SC3)ccc21.O=C=Nc1ccc(Cl)cc1. The Kier molecular flexibility index (Phi) is 17.1. The van der Waals surface area contributed by atoms with Crippen LogP contribution in [0.1, 0.15) is 24.0 Å². The van der Waals surface area contributed by atoms with Gasteiger partial charge in [-0.3, -0.25) is 9.59 Å². The summed E-state index contributed by atoms with van der Waals surface area (Å²) >= 11 is 13.9. The molecular weight excluding hydrogens is 1000 g/mol. The Morgan fingerprint density at radius 3 is 1.69 bits per heavy atom. The number of hydrogen-bond acceptors (Lipinski definition) is 14. The number of anilines is 1. The first-order valence-electron chi connectivity index (χ1n) is 22.4. The number of benzene rings is 4. The van der Waals surface area contributed by atoms with Gasteiger partial charge in [-0.05, 0) is 116 Å². The highest BCUT2D eigenvalue weighted by Gasteiger charge is 2.24. The molecule has 10 rings (SSSR count). The highest BCUT2D eigenvalue weighted by Crippen LogP contribution is 2.29. The fraction of sp³-hybridized carbons (Fsp3) is 0.200. The van der Waals surface area contributed by atoms with Gasteiger partial charge in [-0.25, -0.2) is 29.6 Å². The van der Waals surface area contributed by atoms with Gasteiger partial charge in [-0.2, -0.15) is 15.2 Å². The van der Waals surface area contributed by atoms with Crippen molar-refractivity contribution in [2.45, 2.75) is 12.8 Å². The summed E-state index contributed by atoms with van der Waals surface area (Å²) in [5.41, 5.74) is 14.0. The number of nitrogens with one attached hydrogen (secondary N) is 2. The Labute approximate surface area is 431 Å². The number of carbonyl (C=O) groups excluding carboxylic acids is 4. The van der Waals surface area contributed by atoms with Crippen LogP contribution in [0.25, 0.3) is 45.2 Å². The van der Waals surface area contributed by atoms with Crippen LogP contribution in [0, 0.1) is 0 Å². The Morgan fingerprint density at radius 1 is 0.722 bits per heavy atom. The molecule has 6 heterocycles. The summed E-state index contributed by atoms with van der Waals surface area (Å²) in [7, 11) is 3.92. The minimum atomic E-state index is -0.321. The monoisotopic (exact) mass is 1040 g/mol. The van der Waals surface area contributed by atoms with Crippen LogP contribution >= 0.6 is 46.7 Å². The molecule has 18 nitrogen and oxygen atoms in total. The molecule has 2 aliphatic rings. The zero-order valence-electron chi connectivity index (χ0n) is 38.8. The second-order valence-corrected chi connectivity index (χ2v) is 18.6. The third-order valence-electron chi connectivity index (χ3n) is 11.0. The number of carbonyl (C=O) groups is 3. The standard InChI is InChI=1S/C25H23ClN6O3S.C18H19N5O2S.C7H4ClNO/c1-31-21-10-5-16(14-19(21)29-23(31)22-4-2-13-35-22)20-15-36-25(34)32(30-20)12-3-11-27-24(33)28-18-8-6-17(26)7-9-18;1-22-15-6-5-12(10-13(15)20-17(22)16-4-2-9-25-16)14-11-26-18(24)23(21-14)8-3-7-19;8-6-1-3-7(4-2-6)9-5-10/h2,4-10,13-14H,3,11-12,15H2,1H3,(H2,27,28,33);2,4-6,9-10H,3,7-8,11,19H2,1H3;1-4H. The summed E-state index contributed by atoms with van der Waals surface area (Å²) in [4.78, 5) is 59.0. The largest absolute Gasteiger partial charge is 0.461 e. The van der Waals surface area contributed by atoms with Crippen molar-refractivity contribution in [2.75, 3.05) is 43.0 Å². The number of halogens is 2. The maximum atomic E-state index is 12.4. The Balaban J connectivity index is 0.000000167. The summed E-state index contributed by atoms with van der Waals surface area (Å²) < 4.78 is 15.0. The van der Waals surface area contributed by atoms with Gasteiger partial charge in [0.25, 0.3) is 0 Å². The lowest BCUT2D eigenvalue weighted by molar-refractivity contribution is 0.223. The molecule has 72 heavy (non-hydrogen) atoms. The average Bonchev–Trinajstić information content (AvgIpc) is 4.23. The van der Waals surface area contributed by atoms with Crippen LogP contribution in [0.5, 0.6) is 0 Å². The predicted octanol–water partition coefficient (Wildman–Crippen LogP) is 10.9. The van der Waals surface area contributed by atoms with Crippen molar-refractivity contribution in [2.24, 2.45) is 35.0 Å². The molecular formula is C50H46Cl2N12O6S2. The van der Waals surface area contributed by atoms with Gasteiger partial charge < -0.3 is 34.3 Å². The number of imidazole rings is 2. The Hall–Kier alpha value is -7.45. The number of aliphatic imine (C=N–C) groups is 1. The van der Waals surface area contributed by atoms with Crippen molar-refractivity contribution in [3.8, 4) is 23.2 Å². The van der Waals surface area contributed by atoms with E-state index in [0.29, 0.717) is 71.3 Å². The average molecular weight is 1050 g/mol. The minimum absolute atomic E-state index is 0.0266. The van der Waals surface area contributed by atoms with Crippen LogP contribution in [0.4, 0.5) is 25.8 Å². The van der Waals surface area contributed by atoms with E-state index < -0.39 is 0 Å². The van der Waals surface area contributed by atoms with Gasteiger partial charge in [0, 0.05) is 72.1 Å². The zero-order valence-corrected chi connectivity index (χ0v) is 42.0. The van der Waals surface area contributed by atoms with E-state index >= 15 is 0 Å². The van der Waals surface area contributed by atoms with Crippen LogP contribution in [-0.4, -0.2) is 101 Å². The molecule has 4 N–H and O–H groups in total. The highest BCUT2D eigenvalue weighted by molar-refractivity contribution is 8.14. The maximum absolute atomic E-state index is 12.4. The van der Waals surface area contributed by atoms with Gasteiger partial charge in [0.05, 0.1) is 51.7 Å². The van der Waals surface area contributed by atoms with Crippen molar-refractivity contribution in [3.05, 3.63) is 143 Å². The molecule has 2 aliphatic heterocycles. The van der Waals surface area contributed by atoms with Gasteiger partial charge in [0.2, 0.25) is 6.08 Å². The second-order valence-electron chi connectivity index (χ2n) is 15.9. The number of amides is 4. The minimum Gasteiger partial charge on any atom is -0.461 e. The lowest BCUT2D eigenvalue weighted by Gasteiger charge is -2.23. The molecule has 4 aromatic carbocycles. The van der Waals surface area contributed by atoms with E-state index in [9.17, 15) is 19.2 Å². The predicted molar refractivity (Wildman–Crippen MR) is 285 cm³/mol. The highest BCUT2D eigenvalue weighted by atomic mass is 35.5. The molecule has 0 aliphatic carbocycles. The molecule has 4 amide bonds. The van der Waals surface area contributed by atoms with Crippen molar-refractivity contribution < 1.29 is 28.0 Å². The van der Waals surface area contributed by atoms with Gasteiger partial charge in [-0.1, -0.05) is 58.9 Å². The summed E-state index contributed by atoms with van der Waals surface area (Å²) in [6.07, 6.45) is 5.99. The lowest BCUT2D eigenvalue weighted by Crippen LogP contribution is -2.34. The van der Waals surface area contributed by atoms with E-state index in [1.807, 2.05) is 83.9 Å². The van der Waals surface area contributed by atoms with Crippen LogP contribution in [0.2, 0.25) is 10.0 Å². The van der Waals surface area contributed by atoms with E-state index in [1.54, 1.807) is 61.1 Å². The van der Waals surface area contributed by atoms with Gasteiger partial charge in [0.1, 0.15) is 0 Å². The molecule has 0 fully saturated rings. The van der Waals surface area contributed by atoms with Gasteiger partial charge in [0.15, 0.2) is 23.2 Å². The number of furan rings is 2. The van der Waals surface area contributed by atoms with E-state index in [2.05, 4.69) is 25.8 Å². The maximum Gasteiger partial charge on any atom is 0.319 e. The van der Waals surface area contributed by atoms with Crippen LogP contribution in [0.15, 0.2) is 146 Å². The molecule has 368 valence electrons. The normalized spacial score (nSPS) is 13.4. The van der Waals surface area contributed by atoms with E-state index in [-0.39, 0.29) is 16.5 Å². The third-order valence-corrected chi connectivity index (χ3v) is 13.2. The molecule has 0 spiro atoms. The number of nitrogens with zero attached hydrogens (tertiary/aromatic N) is 9. The third kappa shape index (κ3) is 12.7. The van der Waals surface area contributed by atoms with Gasteiger partial charge >= 0.3 is 16.5 Å². The number of hydrazone groups is 2. The molecule has 0 saturated carbocycles. The Bertz CT molecular complexity index is 3300. The molecule has 0 bridgehead atoms. The first-order valence-corrected chi connectivity index (χ1v) is 25.1. The number of aryl methyl sites for hydroxylation is 2. The first kappa shape index (κ1) is 50.9. The van der Waals surface area contributed by atoms with Crippen LogP contribution in [0.3, 0.4) is 0 Å². The molecule has 4 aromatic heterocycles. The van der Waals surface area contributed by atoms with Gasteiger partial charge in [-0.15, -0.1) is 0 Å². The van der Waals surface area contributed by atoms with Crippen LogP contribution < -0.4 is 16.4 Å². The van der Waals surface area contributed by atoms with Crippen molar-refractivity contribution in [1.29, 1.82) is 0 Å².